The summed E-state index contributed by atoms with van der Waals surface area (Å²) < 4.78 is 0. The third-order valence-electron chi connectivity index (χ3n) is 5.19. The minimum atomic E-state index is 0.223. The molecule has 2 aromatic rings. The molecule has 25 heavy (non-hydrogen) atoms. The van der Waals surface area contributed by atoms with Crippen molar-refractivity contribution in [1.29, 1.82) is 0 Å². The molecule has 0 saturated carbocycles. The van der Waals surface area contributed by atoms with Crippen LogP contribution < -0.4 is 4.90 Å². The van der Waals surface area contributed by atoms with Crippen LogP contribution in [0.1, 0.15) is 34.7 Å². The van der Waals surface area contributed by atoms with E-state index in [2.05, 4.69) is 11.8 Å². The zero-order chi connectivity index (χ0) is 17.2. The number of aromatic nitrogens is 2. The molecule has 1 fully saturated rings. The van der Waals surface area contributed by atoms with Gasteiger partial charge in [-0.25, -0.2) is 9.97 Å². The standard InChI is InChI=1S/C19H24N4OS/c1-14-16-6-10-22(18(24)13-15-5-4-12-25-15)11-7-17(16)21-19(20-14)23-8-2-3-9-23/h4-5,12H,2-3,6-11,13H2,1H3. The monoisotopic (exact) mass is 356 g/mol. The molecule has 0 aliphatic carbocycles. The number of anilines is 1. The molecule has 0 atom stereocenters. The van der Waals surface area contributed by atoms with E-state index in [1.54, 1.807) is 11.3 Å². The molecule has 132 valence electrons. The summed E-state index contributed by atoms with van der Waals surface area (Å²) in [6.45, 7) is 5.73. The Morgan fingerprint density at radius 2 is 1.96 bits per heavy atom. The Bertz CT molecular complexity index is 753. The molecule has 2 aliphatic heterocycles. The fraction of sp³-hybridized carbons (Fsp3) is 0.526. The first kappa shape index (κ1) is 16.5. The predicted molar refractivity (Wildman–Crippen MR) is 100 cm³/mol. The maximum absolute atomic E-state index is 12.6. The highest BCUT2D eigenvalue weighted by Gasteiger charge is 2.23. The van der Waals surface area contributed by atoms with Crippen LogP contribution in [0.3, 0.4) is 0 Å². The molecule has 0 aromatic carbocycles. The molecule has 0 radical (unpaired) electrons. The van der Waals surface area contributed by atoms with Crippen LogP contribution in [0.2, 0.25) is 0 Å². The molecule has 2 aromatic heterocycles. The molecule has 1 saturated heterocycles. The number of carbonyl (C=O) groups is 1. The van der Waals surface area contributed by atoms with Crippen LogP contribution in [-0.4, -0.2) is 47.0 Å². The molecular weight excluding hydrogens is 332 g/mol. The van der Waals surface area contributed by atoms with Gasteiger partial charge in [-0.3, -0.25) is 4.79 Å². The van der Waals surface area contributed by atoms with E-state index < -0.39 is 0 Å². The summed E-state index contributed by atoms with van der Waals surface area (Å²) in [5.74, 6) is 1.10. The van der Waals surface area contributed by atoms with E-state index in [0.29, 0.717) is 6.42 Å². The number of nitrogens with zero attached hydrogens (tertiary/aromatic N) is 4. The van der Waals surface area contributed by atoms with Crippen LogP contribution in [-0.2, 0) is 24.1 Å². The van der Waals surface area contributed by atoms with Gasteiger partial charge in [0.25, 0.3) is 0 Å². The molecule has 0 bridgehead atoms. The van der Waals surface area contributed by atoms with Crippen molar-refractivity contribution in [1.82, 2.24) is 14.9 Å². The summed E-state index contributed by atoms with van der Waals surface area (Å²) in [6.07, 6.45) is 4.65. The lowest BCUT2D eigenvalue weighted by Crippen LogP contribution is -2.34. The van der Waals surface area contributed by atoms with Crippen molar-refractivity contribution in [3.05, 3.63) is 39.3 Å². The number of hydrogen-bond donors (Lipinski definition) is 0. The smallest absolute Gasteiger partial charge is 0.227 e. The summed E-state index contributed by atoms with van der Waals surface area (Å²) in [5.41, 5.74) is 3.47. The van der Waals surface area contributed by atoms with Crippen molar-refractivity contribution in [2.45, 2.75) is 39.0 Å². The predicted octanol–water partition coefficient (Wildman–Crippen LogP) is 2.62. The van der Waals surface area contributed by atoms with Gasteiger partial charge < -0.3 is 9.80 Å². The Labute approximate surface area is 152 Å². The number of hydrogen-bond acceptors (Lipinski definition) is 5. The number of fused-ring (bicyclic) bond motifs is 1. The van der Waals surface area contributed by atoms with Gasteiger partial charge in [0.05, 0.1) is 12.1 Å². The summed E-state index contributed by atoms with van der Waals surface area (Å²) in [4.78, 5) is 27.7. The molecule has 4 heterocycles. The number of carbonyl (C=O) groups excluding carboxylic acids is 1. The lowest BCUT2D eigenvalue weighted by molar-refractivity contribution is -0.130. The minimum Gasteiger partial charge on any atom is -0.342 e. The first-order valence-corrected chi connectivity index (χ1v) is 10.00. The molecule has 1 amide bonds. The fourth-order valence-electron chi connectivity index (χ4n) is 3.75. The van der Waals surface area contributed by atoms with Gasteiger partial charge in [-0.1, -0.05) is 6.07 Å². The maximum atomic E-state index is 12.6. The summed E-state index contributed by atoms with van der Waals surface area (Å²) >= 11 is 1.65. The summed E-state index contributed by atoms with van der Waals surface area (Å²) in [6, 6.07) is 4.04. The van der Waals surface area contributed by atoms with E-state index in [9.17, 15) is 4.79 Å². The van der Waals surface area contributed by atoms with Gasteiger partial charge in [0.15, 0.2) is 0 Å². The van der Waals surface area contributed by atoms with E-state index in [0.717, 1.165) is 61.2 Å². The van der Waals surface area contributed by atoms with E-state index in [-0.39, 0.29) is 5.91 Å². The molecule has 0 N–H and O–H groups in total. The Hall–Kier alpha value is -1.95. The molecule has 6 heteroatoms. The summed E-state index contributed by atoms with van der Waals surface area (Å²) in [5, 5.41) is 2.03. The highest BCUT2D eigenvalue weighted by atomic mass is 32.1. The minimum absolute atomic E-state index is 0.223. The second kappa shape index (κ2) is 7.12. The third kappa shape index (κ3) is 3.54. The van der Waals surface area contributed by atoms with E-state index >= 15 is 0 Å². The van der Waals surface area contributed by atoms with Gasteiger partial charge in [-0.05, 0) is 43.2 Å². The Morgan fingerprint density at radius 1 is 1.16 bits per heavy atom. The zero-order valence-corrected chi connectivity index (χ0v) is 15.5. The van der Waals surface area contributed by atoms with Crippen molar-refractivity contribution in [2.24, 2.45) is 0 Å². The normalized spacial score (nSPS) is 17.5. The summed E-state index contributed by atoms with van der Waals surface area (Å²) in [7, 11) is 0. The van der Waals surface area contributed by atoms with Gasteiger partial charge in [-0.15, -0.1) is 11.3 Å². The average molecular weight is 356 g/mol. The molecule has 0 spiro atoms. The van der Waals surface area contributed by atoms with E-state index in [1.807, 2.05) is 22.4 Å². The van der Waals surface area contributed by atoms with Gasteiger partial charge in [0, 0.05) is 43.2 Å². The van der Waals surface area contributed by atoms with E-state index in [1.165, 1.54) is 18.4 Å². The molecule has 2 aliphatic rings. The van der Waals surface area contributed by atoms with Crippen molar-refractivity contribution >= 4 is 23.2 Å². The van der Waals surface area contributed by atoms with Crippen LogP contribution in [0.25, 0.3) is 0 Å². The number of amides is 1. The van der Waals surface area contributed by atoms with Crippen LogP contribution in [0.15, 0.2) is 17.5 Å². The van der Waals surface area contributed by atoms with Gasteiger partial charge in [-0.2, -0.15) is 0 Å². The largest absolute Gasteiger partial charge is 0.342 e. The second-order valence-corrected chi connectivity index (χ2v) is 7.90. The molecular formula is C19H24N4OS. The first-order valence-electron chi connectivity index (χ1n) is 9.12. The lowest BCUT2D eigenvalue weighted by atomic mass is 10.1. The Balaban J connectivity index is 1.49. The Kier molecular flexibility index (Phi) is 4.70. The number of rotatable bonds is 3. The highest BCUT2D eigenvalue weighted by molar-refractivity contribution is 7.10. The van der Waals surface area contributed by atoms with Crippen molar-refractivity contribution in [2.75, 3.05) is 31.1 Å². The molecule has 0 unspecified atom stereocenters. The van der Waals surface area contributed by atoms with Crippen molar-refractivity contribution < 1.29 is 4.79 Å². The van der Waals surface area contributed by atoms with Crippen molar-refractivity contribution in [3.63, 3.8) is 0 Å². The average Bonchev–Trinajstić information content (AvgIpc) is 3.26. The van der Waals surface area contributed by atoms with Crippen molar-refractivity contribution in [3.8, 4) is 0 Å². The third-order valence-corrected chi connectivity index (χ3v) is 6.06. The topological polar surface area (TPSA) is 49.3 Å². The quantitative estimate of drug-likeness (QED) is 0.848. The van der Waals surface area contributed by atoms with Gasteiger partial charge >= 0.3 is 0 Å². The fourth-order valence-corrected chi connectivity index (χ4v) is 4.45. The zero-order valence-electron chi connectivity index (χ0n) is 14.7. The van der Waals surface area contributed by atoms with Crippen LogP contribution in [0, 0.1) is 6.92 Å². The van der Waals surface area contributed by atoms with Gasteiger partial charge in [0.2, 0.25) is 11.9 Å². The number of aryl methyl sites for hydroxylation is 1. The SMILES string of the molecule is Cc1nc(N2CCCC2)nc2c1CCN(C(=O)Cc1cccs1)CC2. The lowest BCUT2D eigenvalue weighted by Gasteiger charge is -2.19. The highest BCUT2D eigenvalue weighted by Crippen LogP contribution is 2.23. The second-order valence-electron chi connectivity index (χ2n) is 6.87. The molecule has 4 rings (SSSR count). The maximum Gasteiger partial charge on any atom is 0.227 e. The van der Waals surface area contributed by atoms with Crippen LogP contribution in [0.4, 0.5) is 5.95 Å². The Morgan fingerprint density at radius 3 is 2.72 bits per heavy atom. The van der Waals surface area contributed by atoms with E-state index in [4.69, 9.17) is 9.97 Å². The van der Waals surface area contributed by atoms with Gasteiger partial charge in [0.1, 0.15) is 0 Å². The molecule has 5 nitrogen and oxygen atoms in total. The van der Waals surface area contributed by atoms with Crippen LogP contribution >= 0.6 is 11.3 Å². The van der Waals surface area contributed by atoms with Crippen LogP contribution in [0.5, 0.6) is 0 Å². The number of thiophene rings is 1. The first-order chi connectivity index (χ1) is 12.2.